The fourth-order valence-electron chi connectivity index (χ4n) is 0.801. The van der Waals surface area contributed by atoms with Gasteiger partial charge in [0.1, 0.15) is 3.74 Å². The largest absolute Gasteiger partial charge is 0.350 e. The molecule has 1 heterocycles. The molecule has 82 valence electrons. The average molecular weight is 359 g/mol. The quantitative estimate of drug-likeness (QED) is 0.511. The number of carbonyl (C=O) groups excluding carboxylic acids is 1. The highest BCUT2D eigenvalue weighted by molar-refractivity contribution is 9.24. The molecule has 0 aliphatic rings. The number of nitro groups is 1. The van der Waals surface area contributed by atoms with Crippen molar-refractivity contribution >= 4 is 59.2 Å². The Bertz CT molecular complexity index is 406. The Hall–Kier alpha value is -0.540. The number of nitrogens with one attached hydrogen (secondary N) is 1. The molecule has 0 saturated carbocycles. The molecule has 1 aromatic rings. The van der Waals surface area contributed by atoms with Crippen molar-refractivity contribution in [3.05, 3.63) is 15.8 Å². The molecular weight excluding hydrogens is 354 g/mol. The summed E-state index contributed by atoms with van der Waals surface area (Å²) in [6, 6.07) is 0. The summed E-state index contributed by atoms with van der Waals surface area (Å²) in [5, 5.41) is 13.2. The van der Waals surface area contributed by atoms with Crippen LogP contribution in [-0.4, -0.2) is 15.8 Å². The highest BCUT2D eigenvalue weighted by atomic mass is 79.9. The molecule has 0 radical (unpaired) electrons. The molecule has 1 amide bonds. The minimum atomic E-state index is -0.534. The van der Waals surface area contributed by atoms with Gasteiger partial charge in [-0.2, -0.15) is 0 Å². The maximum Gasteiger partial charge on any atom is 0.350 e. The van der Waals surface area contributed by atoms with Crippen LogP contribution in [0.2, 0.25) is 0 Å². The standard InChI is InChI=1S/C6H5Br2N3O3S/c1-2(12)9-6-10-3(4(7)8)5(15-6)11(13)14/h4H,1H3,(H,9,10,12). The molecule has 0 spiro atoms. The average Bonchev–Trinajstić information content (AvgIpc) is 2.46. The van der Waals surface area contributed by atoms with E-state index >= 15 is 0 Å². The fourth-order valence-corrected chi connectivity index (χ4v) is 2.61. The lowest BCUT2D eigenvalue weighted by Crippen LogP contribution is -2.05. The maximum atomic E-state index is 10.7. The predicted molar refractivity (Wildman–Crippen MR) is 63.7 cm³/mol. The van der Waals surface area contributed by atoms with Gasteiger partial charge in [0.05, 0.1) is 4.92 Å². The third kappa shape index (κ3) is 3.21. The number of anilines is 1. The second-order valence-electron chi connectivity index (χ2n) is 2.45. The third-order valence-corrected chi connectivity index (χ3v) is 3.10. The van der Waals surface area contributed by atoms with Crippen LogP contribution in [0.25, 0.3) is 0 Å². The maximum absolute atomic E-state index is 10.7. The first-order valence-electron chi connectivity index (χ1n) is 3.62. The zero-order chi connectivity index (χ0) is 11.6. The first kappa shape index (κ1) is 12.5. The minimum Gasteiger partial charge on any atom is -0.302 e. The van der Waals surface area contributed by atoms with Gasteiger partial charge in [0.15, 0.2) is 10.8 Å². The molecule has 0 unspecified atom stereocenters. The van der Waals surface area contributed by atoms with Gasteiger partial charge in [0, 0.05) is 6.92 Å². The van der Waals surface area contributed by atoms with Gasteiger partial charge in [0.25, 0.3) is 0 Å². The highest BCUT2D eigenvalue weighted by Crippen LogP contribution is 2.40. The lowest BCUT2D eigenvalue weighted by molar-refractivity contribution is -0.380. The molecular formula is C6H5Br2N3O3S. The van der Waals surface area contributed by atoms with Gasteiger partial charge in [0.2, 0.25) is 5.91 Å². The molecule has 1 rings (SSSR count). The predicted octanol–water partition coefficient (Wildman–Crippen LogP) is 2.80. The van der Waals surface area contributed by atoms with Crippen molar-refractivity contribution in [1.29, 1.82) is 0 Å². The smallest absolute Gasteiger partial charge is 0.302 e. The normalized spacial score (nSPS) is 10.4. The lowest BCUT2D eigenvalue weighted by Gasteiger charge is -1.94. The fraction of sp³-hybridized carbons (Fsp3) is 0.333. The van der Waals surface area contributed by atoms with E-state index in [0.717, 1.165) is 11.3 Å². The minimum absolute atomic E-state index is 0.0995. The molecule has 0 bridgehead atoms. The van der Waals surface area contributed by atoms with Gasteiger partial charge < -0.3 is 5.32 Å². The van der Waals surface area contributed by atoms with Crippen molar-refractivity contribution in [2.24, 2.45) is 0 Å². The molecule has 0 saturated heterocycles. The summed E-state index contributed by atoms with van der Waals surface area (Å²) in [5.41, 5.74) is 0.244. The van der Waals surface area contributed by atoms with Crippen LogP contribution >= 0.6 is 43.2 Å². The zero-order valence-electron chi connectivity index (χ0n) is 7.36. The number of hydrogen-bond donors (Lipinski definition) is 1. The Morgan fingerprint density at radius 2 is 2.27 bits per heavy atom. The summed E-state index contributed by atoms with van der Waals surface area (Å²) in [7, 11) is 0. The third-order valence-electron chi connectivity index (χ3n) is 1.29. The Morgan fingerprint density at radius 3 is 2.60 bits per heavy atom. The van der Waals surface area contributed by atoms with Crippen molar-refractivity contribution < 1.29 is 9.72 Å². The number of nitrogens with zero attached hydrogens (tertiary/aromatic N) is 2. The van der Waals surface area contributed by atoms with E-state index in [1.807, 2.05) is 0 Å². The van der Waals surface area contributed by atoms with Gasteiger partial charge in [-0.1, -0.05) is 31.9 Å². The summed E-state index contributed by atoms with van der Waals surface area (Å²) in [5.74, 6) is -0.314. The van der Waals surface area contributed by atoms with Crippen LogP contribution in [0.4, 0.5) is 10.1 Å². The van der Waals surface area contributed by atoms with E-state index in [2.05, 4.69) is 42.2 Å². The summed E-state index contributed by atoms with van der Waals surface area (Å²) in [4.78, 5) is 24.8. The lowest BCUT2D eigenvalue weighted by atomic mass is 10.5. The molecule has 9 heteroatoms. The second kappa shape index (κ2) is 4.99. The summed E-state index contributed by atoms with van der Waals surface area (Å²) >= 11 is 7.07. The molecule has 1 N–H and O–H groups in total. The van der Waals surface area contributed by atoms with Crippen molar-refractivity contribution in [2.75, 3.05) is 5.32 Å². The number of carbonyl (C=O) groups is 1. The first-order valence-corrected chi connectivity index (χ1v) is 6.27. The van der Waals surface area contributed by atoms with E-state index in [-0.39, 0.29) is 21.7 Å². The topological polar surface area (TPSA) is 85.1 Å². The number of aromatic nitrogens is 1. The SMILES string of the molecule is CC(=O)Nc1nc(C(Br)Br)c([N+](=O)[O-])s1. The van der Waals surface area contributed by atoms with E-state index in [0.29, 0.717) is 0 Å². The van der Waals surface area contributed by atoms with E-state index in [1.54, 1.807) is 0 Å². The van der Waals surface area contributed by atoms with Gasteiger partial charge in [-0.25, -0.2) is 4.98 Å². The number of halogens is 2. The number of rotatable bonds is 3. The number of hydrogen-bond acceptors (Lipinski definition) is 5. The van der Waals surface area contributed by atoms with Crippen LogP contribution in [0, 0.1) is 10.1 Å². The van der Waals surface area contributed by atoms with Crippen LogP contribution in [0.3, 0.4) is 0 Å². The van der Waals surface area contributed by atoms with E-state index in [9.17, 15) is 14.9 Å². The Labute approximate surface area is 105 Å². The van der Waals surface area contributed by atoms with Crippen LogP contribution in [0.5, 0.6) is 0 Å². The summed E-state index contributed by atoms with van der Waals surface area (Å²) in [6.07, 6.45) is 0. The molecule has 6 nitrogen and oxygen atoms in total. The zero-order valence-corrected chi connectivity index (χ0v) is 11.3. The first-order chi connectivity index (χ1) is 6.91. The Kier molecular flexibility index (Phi) is 4.17. The van der Waals surface area contributed by atoms with Gasteiger partial charge >= 0.3 is 5.00 Å². The molecule has 1 aromatic heterocycles. The highest BCUT2D eigenvalue weighted by Gasteiger charge is 2.25. The number of alkyl halides is 2. The number of thiazole rings is 1. The van der Waals surface area contributed by atoms with Crippen molar-refractivity contribution in [3.8, 4) is 0 Å². The second-order valence-corrected chi connectivity index (χ2v) is 6.49. The van der Waals surface area contributed by atoms with Crippen molar-refractivity contribution in [1.82, 2.24) is 4.98 Å². The molecule has 15 heavy (non-hydrogen) atoms. The molecule has 0 aliphatic heterocycles. The summed E-state index contributed by atoms with van der Waals surface area (Å²) in [6.45, 7) is 1.31. The van der Waals surface area contributed by atoms with Crippen LogP contribution in [0.15, 0.2) is 0 Å². The number of amides is 1. The molecule has 0 atom stereocenters. The van der Waals surface area contributed by atoms with Gasteiger partial charge in [-0.3, -0.25) is 14.9 Å². The van der Waals surface area contributed by atoms with Crippen molar-refractivity contribution in [2.45, 2.75) is 10.7 Å². The van der Waals surface area contributed by atoms with Gasteiger partial charge in [-0.15, -0.1) is 0 Å². The Balaban J connectivity index is 3.09. The molecule has 0 aromatic carbocycles. The van der Waals surface area contributed by atoms with Crippen LogP contribution in [-0.2, 0) is 4.79 Å². The van der Waals surface area contributed by atoms with Crippen molar-refractivity contribution in [3.63, 3.8) is 0 Å². The van der Waals surface area contributed by atoms with Gasteiger partial charge in [-0.05, 0) is 11.3 Å². The van der Waals surface area contributed by atoms with Crippen LogP contribution in [0.1, 0.15) is 16.4 Å². The summed E-state index contributed by atoms with van der Waals surface area (Å²) < 4.78 is -0.413. The van der Waals surface area contributed by atoms with E-state index < -0.39 is 8.66 Å². The van der Waals surface area contributed by atoms with E-state index in [1.165, 1.54) is 6.92 Å². The monoisotopic (exact) mass is 357 g/mol. The molecule has 0 aliphatic carbocycles. The van der Waals surface area contributed by atoms with Crippen LogP contribution < -0.4 is 5.32 Å². The Morgan fingerprint density at radius 1 is 1.67 bits per heavy atom. The van der Waals surface area contributed by atoms with E-state index in [4.69, 9.17) is 0 Å². The molecule has 0 fully saturated rings.